The highest BCUT2D eigenvalue weighted by atomic mass is 14.6. The van der Waals surface area contributed by atoms with Crippen molar-refractivity contribution in [1.82, 2.24) is 0 Å². The summed E-state index contributed by atoms with van der Waals surface area (Å²) in [6, 6.07) is 0. The normalized spacial score (nSPS) is 45.0. The number of hydrogen-bond donors (Lipinski definition) is 0. The van der Waals surface area contributed by atoms with Crippen LogP contribution in [0.5, 0.6) is 0 Å². The highest BCUT2D eigenvalue weighted by Gasteiger charge is 2.59. The van der Waals surface area contributed by atoms with Gasteiger partial charge in [0.1, 0.15) is 0 Å². The summed E-state index contributed by atoms with van der Waals surface area (Å²) in [5.41, 5.74) is 0. The summed E-state index contributed by atoms with van der Waals surface area (Å²) in [6.45, 7) is 12.0. The van der Waals surface area contributed by atoms with E-state index in [1.807, 2.05) is 41.5 Å². The Bertz CT molecular complexity index is 252. The van der Waals surface area contributed by atoms with Gasteiger partial charge in [0, 0.05) is 0 Å². The van der Waals surface area contributed by atoms with Crippen LogP contribution in [0.2, 0.25) is 0 Å². The van der Waals surface area contributed by atoms with Crippen molar-refractivity contribution in [2.45, 2.75) is 119 Å². The highest BCUT2D eigenvalue weighted by Crippen LogP contribution is 2.67. The van der Waals surface area contributed by atoms with Crippen LogP contribution in [0.4, 0.5) is 0 Å². The third-order valence-electron chi connectivity index (χ3n) is 8.73. The minimum absolute atomic E-state index is 1.24. The molecule has 0 spiro atoms. The quantitative estimate of drug-likeness (QED) is 0.404. The molecule has 26 heavy (non-hydrogen) atoms. The Labute approximate surface area is 166 Å². The highest BCUT2D eigenvalue weighted by molar-refractivity contribution is 5.08. The third-order valence-corrected chi connectivity index (χ3v) is 8.73. The molecule has 0 atom stereocenters. The van der Waals surface area contributed by atoms with Crippen molar-refractivity contribution in [2.75, 3.05) is 0 Å². The van der Waals surface area contributed by atoms with Crippen molar-refractivity contribution in [3.63, 3.8) is 0 Å². The fourth-order valence-electron chi connectivity index (χ4n) is 6.42. The SMILES string of the molecule is C1CC2C1C1CCC21.C1CC2C1C1CCC21.C1CCC1.CC.CC.CC. The van der Waals surface area contributed by atoms with Crippen LogP contribution in [0, 0.1) is 47.3 Å². The van der Waals surface area contributed by atoms with Crippen molar-refractivity contribution in [3.05, 3.63) is 0 Å². The van der Waals surface area contributed by atoms with E-state index < -0.39 is 0 Å². The van der Waals surface area contributed by atoms with Crippen molar-refractivity contribution in [2.24, 2.45) is 47.3 Å². The Morgan fingerprint density at radius 2 is 0.385 bits per heavy atom. The second kappa shape index (κ2) is 11.1. The molecule has 154 valence electrons. The molecule has 0 aromatic carbocycles. The first-order chi connectivity index (χ1) is 12.9. The van der Waals surface area contributed by atoms with E-state index in [1.165, 1.54) is 73.0 Å². The number of fused-ring (bicyclic) bond motifs is 8. The van der Waals surface area contributed by atoms with Crippen LogP contribution in [0.3, 0.4) is 0 Å². The van der Waals surface area contributed by atoms with E-state index in [2.05, 4.69) is 0 Å². The van der Waals surface area contributed by atoms with E-state index in [0.29, 0.717) is 0 Å². The van der Waals surface area contributed by atoms with Gasteiger partial charge in [0.2, 0.25) is 0 Å². The van der Waals surface area contributed by atoms with Gasteiger partial charge in [-0.2, -0.15) is 0 Å². The molecular formula is C26H50. The van der Waals surface area contributed by atoms with E-state index in [4.69, 9.17) is 0 Å². The van der Waals surface area contributed by atoms with Gasteiger partial charge < -0.3 is 0 Å². The van der Waals surface area contributed by atoms with Gasteiger partial charge in [-0.05, 0) is 98.7 Å². The van der Waals surface area contributed by atoms with Gasteiger partial charge in [-0.1, -0.05) is 67.2 Å². The lowest BCUT2D eigenvalue weighted by Crippen LogP contribution is -2.58. The molecule has 7 rings (SSSR count). The average molecular weight is 363 g/mol. The second-order valence-electron chi connectivity index (χ2n) is 9.03. The Morgan fingerprint density at radius 3 is 0.423 bits per heavy atom. The maximum atomic E-state index is 2.00. The summed E-state index contributed by atoms with van der Waals surface area (Å²) in [5.74, 6) is 9.95. The molecule has 0 aromatic rings. The zero-order chi connectivity index (χ0) is 19.1. The molecule has 0 aromatic heterocycles. The standard InChI is InChI=1S/2C8H12.C4H8.3C2H6/c2*1-2-6-5(1)7-3-4-8(6)7;1-2-4-3-1;3*1-2/h2*5-8H,1-4H2;1-4H2;3*1-2H3. The van der Waals surface area contributed by atoms with Gasteiger partial charge >= 0.3 is 0 Å². The maximum Gasteiger partial charge on any atom is -0.0352 e. The summed E-state index contributed by atoms with van der Waals surface area (Å²) in [4.78, 5) is 0. The molecule has 0 N–H and O–H groups in total. The van der Waals surface area contributed by atoms with Gasteiger partial charge in [0.25, 0.3) is 0 Å². The van der Waals surface area contributed by atoms with Crippen molar-refractivity contribution >= 4 is 0 Å². The molecule has 0 radical (unpaired) electrons. The maximum absolute atomic E-state index is 2.00. The smallest absolute Gasteiger partial charge is 0.0352 e. The summed E-state index contributed by atoms with van der Waals surface area (Å²) < 4.78 is 0. The molecule has 0 amide bonds. The van der Waals surface area contributed by atoms with E-state index in [9.17, 15) is 0 Å². The Morgan fingerprint density at radius 1 is 0.269 bits per heavy atom. The fraction of sp³-hybridized carbons (Fsp3) is 1.00. The van der Waals surface area contributed by atoms with E-state index in [1.54, 1.807) is 51.4 Å². The third kappa shape index (κ3) is 4.05. The monoisotopic (exact) mass is 362 g/mol. The fourth-order valence-corrected chi connectivity index (χ4v) is 6.42. The lowest BCUT2D eigenvalue weighted by Gasteiger charge is -2.66. The largest absolute Gasteiger partial charge is 0.0683 e. The number of rotatable bonds is 0. The first-order valence-corrected chi connectivity index (χ1v) is 12.9. The minimum atomic E-state index is 1.24. The van der Waals surface area contributed by atoms with Crippen molar-refractivity contribution < 1.29 is 0 Å². The lowest BCUT2D eigenvalue weighted by atomic mass is 9.39. The van der Waals surface area contributed by atoms with E-state index in [-0.39, 0.29) is 0 Å². The minimum Gasteiger partial charge on any atom is -0.0683 e. The summed E-state index contributed by atoms with van der Waals surface area (Å²) in [6.07, 6.45) is 18.7. The van der Waals surface area contributed by atoms with Crippen LogP contribution in [-0.2, 0) is 0 Å². The second-order valence-corrected chi connectivity index (χ2v) is 9.03. The first-order valence-electron chi connectivity index (χ1n) is 12.9. The van der Waals surface area contributed by atoms with Crippen LogP contribution in [-0.4, -0.2) is 0 Å². The predicted octanol–water partition coefficient (Wildman–Crippen LogP) is 8.74. The van der Waals surface area contributed by atoms with Crippen LogP contribution in [0.25, 0.3) is 0 Å². The molecule has 7 aliphatic carbocycles. The molecule has 0 nitrogen and oxygen atoms in total. The Kier molecular flexibility index (Phi) is 9.53. The zero-order valence-electron chi connectivity index (χ0n) is 19.1. The van der Waals surface area contributed by atoms with Gasteiger partial charge in [-0.15, -0.1) is 0 Å². The van der Waals surface area contributed by atoms with Crippen LogP contribution >= 0.6 is 0 Å². The molecule has 7 saturated carbocycles. The van der Waals surface area contributed by atoms with Crippen LogP contribution in [0.15, 0.2) is 0 Å². The molecule has 0 saturated heterocycles. The van der Waals surface area contributed by atoms with Gasteiger partial charge in [-0.25, -0.2) is 0 Å². The predicted molar refractivity (Wildman–Crippen MR) is 117 cm³/mol. The molecule has 0 aliphatic heterocycles. The lowest BCUT2D eigenvalue weighted by molar-refractivity contribution is -0.165. The Hall–Kier alpha value is 0. The van der Waals surface area contributed by atoms with Gasteiger partial charge in [0.15, 0.2) is 0 Å². The summed E-state index contributed by atoms with van der Waals surface area (Å²) in [5, 5.41) is 0. The summed E-state index contributed by atoms with van der Waals surface area (Å²) >= 11 is 0. The molecule has 0 heteroatoms. The zero-order valence-corrected chi connectivity index (χ0v) is 19.1. The Balaban J connectivity index is 0.000000128. The molecule has 7 aliphatic rings. The topological polar surface area (TPSA) is 0 Å². The van der Waals surface area contributed by atoms with Gasteiger partial charge in [0.05, 0.1) is 0 Å². The van der Waals surface area contributed by atoms with Gasteiger partial charge in [-0.3, -0.25) is 0 Å². The van der Waals surface area contributed by atoms with E-state index >= 15 is 0 Å². The molecule has 7 fully saturated rings. The first kappa shape index (κ1) is 22.3. The molecule has 0 heterocycles. The molecule has 0 unspecified atom stereocenters. The number of hydrogen-bond acceptors (Lipinski definition) is 0. The summed E-state index contributed by atoms with van der Waals surface area (Å²) in [7, 11) is 0. The van der Waals surface area contributed by atoms with Crippen LogP contribution < -0.4 is 0 Å². The average Bonchev–Trinajstić information content (AvgIpc) is 2.60. The van der Waals surface area contributed by atoms with Crippen molar-refractivity contribution in [1.29, 1.82) is 0 Å². The van der Waals surface area contributed by atoms with Crippen LogP contribution in [0.1, 0.15) is 119 Å². The van der Waals surface area contributed by atoms with Crippen molar-refractivity contribution in [3.8, 4) is 0 Å². The van der Waals surface area contributed by atoms with E-state index in [0.717, 1.165) is 0 Å². The molecule has 0 bridgehead atoms. The molecular weight excluding hydrogens is 312 g/mol.